The zero-order valence-corrected chi connectivity index (χ0v) is 11.8. The van der Waals surface area contributed by atoms with Gasteiger partial charge in [-0.25, -0.2) is 0 Å². The zero-order valence-electron chi connectivity index (χ0n) is 11.8. The van der Waals surface area contributed by atoms with Crippen molar-refractivity contribution in [1.29, 1.82) is 0 Å². The Labute approximate surface area is 120 Å². The topological polar surface area (TPSA) is 30.0 Å². The van der Waals surface area contributed by atoms with E-state index in [9.17, 15) is 4.79 Å². The van der Waals surface area contributed by atoms with Gasteiger partial charge in [0.05, 0.1) is 0 Å². The van der Waals surface area contributed by atoms with Crippen molar-refractivity contribution in [3.05, 3.63) is 42.2 Å². The number of rotatable bonds is 2. The molecule has 2 aromatic rings. The monoisotopic (exact) mass is 267 g/mol. The molecule has 0 saturated heterocycles. The summed E-state index contributed by atoms with van der Waals surface area (Å²) in [6, 6.07) is 7.97. The first-order valence-electron chi connectivity index (χ1n) is 7.73. The number of aromatic nitrogens is 1. The van der Waals surface area contributed by atoms with Gasteiger partial charge >= 0.3 is 0 Å². The van der Waals surface area contributed by atoms with Crippen molar-refractivity contribution in [2.24, 2.45) is 5.92 Å². The molecule has 1 aromatic heterocycles. The van der Waals surface area contributed by atoms with Gasteiger partial charge in [0.1, 0.15) is 0 Å². The second kappa shape index (κ2) is 6.17. The van der Waals surface area contributed by atoms with Gasteiger partial charge in [-0.05, 0) is 24.3 Å². The van der Waals surface area contributed by atoms with E-state index in [4.69, 9.17) is 0 Å². The van der Waals surface area contributed by atoms with Crippen LogP contribution < -0.4 is 0 Å². The molecule has 0 N–H and O–H groups in total. The van der Waals surface area contributed by atoms with E-state index >= 15 is 0 Å². The third-order valence-electron chi connectivity index (χ3n) is 4.43. The maximum Gasteiger partial charge on any atom is 0.166 e. The first-order valence-corrected chi connectivity index (χ1v) is 7.73. The minimum Gasteiger partial charge on any atom is -0.294 e. The lowest BCUT2D eigenvalue weighted by Crippen LogP contribution is -2.16. The third kappa shape index (κ3) is 2.74. The SMILES string of the molecule is O=C(c1cccc2ccncc12)C1CCCCCCC1. The molecule has 1 saturated carbocycles. The highest BCUT2D eigenvalue weighted by Gasteiger charge is 2.22. The standard InChI is InChI=1S/C18H21NO/c20-18(15-7-4-2-1-3-5-8-15)16-10-6-9-14-11-12-19-13-17(14)16/h6,9-13,15H,1-5,7-8H2. The number of benzene rings is 1. The van der Waals surface area contributed by atoms with Gasteiger partial charge in [0.25, 0.3) is 0 Å². The van der Waals surface area contributed by atoms with Crippen molar-refractivity contribution in [1.82, 2.24) is 4.98 Å². The van der Waals surface area contributed by atoms with E-state index in [-0.39, 0.29) is 5.92 Å². The maximum atomic E-state index is 12.9. The molecule has 1 aliphatic carbocycles. The minimum absolute atomic E-state index is 0.209. The smallest absolute Gasteiger partial charge is 0.166 e. The van der Waals surface area contributed by atoms with Crippen LogP contribution in [0.3, 0.4) is 0 Å². The Morgan fingerprint density at radius 2 is 1.75 bits per heavy atom. The lowest BCUT2D eigenvalue weighted by Gasteiger charge is -2.19. The van der Waals surface area contributed by atoms with Gasteiger partial charge in [-0.2, -0.15) is 0 Å². The summed E-state index contributed by atoms with van der Waals surface area (Å²) in [6.07, 6.45) is 12.0. The quantitative estimate of drug-likeness (QED) is 0.733. The Balaban J connectivity index is 1.91. The summed E-state index contributed by atoms with van der Waals surface area (Å²) < 4.78 is 0. The van der Waals surface area contributed by atoms with E-state index in [1.165, 1.54) is 32.1 Å². The van der Waals surface area contributed by atoms with Gasteiger partial charge in [-0.1, -0.05) is 50.3 Å². The van der Waals surface area contributed by atoms with Gasteiger partial charge in [-0.3, -0.25) is 9.78 Å². The van der Waals surface area contributed by atoms with Gasteiger partial charge in [-0.15, -0.1) is 0 Å². The average molecular weight is 267 g/mol. The lowest BCUT2D eigenvalue weighted by molar-refractivity contribution is 0.0900. The van der Waals surface area contributed by atoms with Gasteiger partial charge in [0.15, 0.2) is 5.78 Å². The molecular formula is C18H21NO. The molecule has 1 aliphatic rings. The molecule has 104 valence electrons. The lowest BCUT2D eigenvalue weighted by atomic mass is 9.84. The molecule has 0 radical (unpaired) electrons. The Hall–Kier alpha value is -1.70. The molecule has 2 heteroatoms. The van der Waals surface area contributed by atoms with E-state index in [0.717, 1.165) is 29.2 Å². The van der Waals surface area contributed by atoms with Crippen LogP contribution in [0.2, 0.25) is 0 Å². The molecule has 1 aromatic carbocycles. The summed E-state index contributed by atoms with van der Waals surface area (Å²) in [7, 11) is 0. The summed E-state index contributed by atoms with van der Waals surface area (Å²) in [5.74, 6) is 0.534. The first-order chi connectivity index (χ1) is 9.86. The molecule has 0 atom stereocenters. The molecule has 1 fully saturated rings. The van der Waals surface area contributed by atoms with Crippen LogP contribution in [-0.4, -0.2) is 10.8 Å². The Morgan fingerprint density at radius 3 is 2.55 bits per heavy atom. The number of Topliss-reactive ketones (excluding diaryl/α,β-unsaturated/α-hetero) is 1. The van der Waals surface area contributed by atoms with Crippen LogP contribution >= 0.6 is 0 Å². The number of hydrogen-bond acceptors (Lipinski definition) is 2. The molecule has 2 nitrogen and oxygen atoms in total. The van der Waals surface area contributed by atoms with Gasteiger partial charge < -0.3 is 0 Å². The first kappa shape index (κ1) is 13.3. The van der Waals surface area contributed by atoms with Crippen LogP contribution in [0.25, 0.3) is 10.8 Å². The highest BCUT2D eigenvalue weighted by atomic mass is 16.1. The predicted molar refractivity (Wildman–Crippen MR) is 81.9 cm³/mol. The van der Waals surface area contributed by atoms with E-state index in [1.807, 2.05) is 30.5 Å². The Morgan fingerprint density at radius 1 is 1.00 bits per heavy atom. The largest absolute Gasteiger partial charge is 0.294 e. The summed E-state index contributed by atoms with van der Waals surface area (Å²) in [4.78, 5) is 17.0. The molecule has 0 amide bonds. The minimum atomic E-state index is 0.209. The summed E-state index contributed by atoms with van der Waals surface area (Å²) >= 11 is 0. The Kier molecular flexibility index (Phi) is 4.10. The van der Waals surface area contributed by atoms with E-state index in [1.54, 1.807) is 6.20 Å². The molecule has 3 rings (SSSR count). The van der Waals surface area contributed by atoms with Crippen molar-refractivity contribution >= 4 is 16.6 Å². The van der Waals surface area contributed by atoms with Crippen LogP contribution in [-0.2, 0) is 0 Å². The van der Waals surface area contributed by atoms with E-state index in [2.05, 4.69) is 4.98 Å². The molecule has 20 heavy (non-hydrogen) atoms. The maximum absolute atomic E-state index is 12.9. The molecular weight excluding hydrogens is 246 g/mol. The average Bonchev–Trinajstić information content (AvgIpc) is 2.46. The second-order valence-corrected chi connectivity index (χ2v) is 5.81. The zero-order chi connectivity index (χ0) is 13.8. The molecule has 0 spiro atoms. The van der Waals surface area contributed by atoms with E-state index < -0.39 is 0 Å². The third-order valence-corrected chi connectivity index (χ3v) is 4.43. The van der Waals surface area contributed by atoms with Crippen molar-refractivity contribution in [3.8, 4) is 0 Å². The van der Waals surface area contributed by atoms with Crippen LogP contribution in [0.15, 0.2) is 36.7 Å². The number of ketones is 1. The second-order valence-electron chi connectivity index (χ2n) is 5.81. The summed E-state index contributed by atoms with van der Waals surface area (Å²) in [5, 5.41) is 2.11. The highest BCUT2D eigenvalue weighted by molar-refractivity contribution is 6.08. The highest BCUT2D eigenvalue weighted by Crippen LogP contribution is 2.28. The van der Waals surface area contributed by atoms with Gasteiger partial charge in [0.2, 0.25) is 0 Å². The predicted octanol–water partition coefficient (Wildman–Crippen LogP) is 4.78. The molecule has 0 aliphatic heterocycles. The fourth-order valence-corrected chi connectivity index (χ4v) is 3.27. The number of hydrogen-bond donors (Lipinski definition) is 0. The number of carbonyl (C=O) groups is 1. The summed E-state index contributed by atoms with van der Waals surface area (Å²) in [6.45, 7) is 0. The summed E-state index contributed by atoms with van der Waals surface area (Å²) in [5.41, 5.74) is 0.862. The molecule has 0 bridgehead atoms. The van der Waals surface area contributed by atoms with Crippen molar-refractivity contribution in [3.63, 3.8) is 0 Å². The normalized spacial score (nSPS) is 17.6. The number of pyridine rings is 1. The fourth-order valence-electron chi connectivity index (χ4n) is 3.27. The number of carbonyl (C=O) groups excluding carboxylic acids is 1. The van der Waals surface area contributed by atoms with Crippen LogP contribution in [0.4, 0.5) is 0 Å². The van der Waals surface area contributed by atoms with Crippen molar-refractivity contribution < 1.29 is 4.79 Å². The molecule has 0 unspecified atom stereocenters. The van der Waals surface area contributed by atoms with Crippen LogP contribution in [0.1, 0.15) is 55.3 Å². The van der Waals surface area contributed by atoms with E-state index in [0.29, 0.717) is 5.78 Å². The van der Waals surface area contributed by atoms with Crippen LogP contribution in [0.5, 0.6) is 0 Å². The van der Waals surface area contributed by atoms with Gasteiger partial charge in [0, 0.05) is 29.3 Å². The Bertz CT molecular complexity index is 592. The molecule has 1 heterocycles. The van der Waals surface area contributed by atoms with Crippen molar-refractivity contribution in [2.75, 3.05) is 0 Å². The van der Waals surface area contributed by atoms with Crippen molar-refractivity contribution in [2.45, 2.75) is 44.9 Å². The fraction of sp³-hybridized carbons (Fsp3) is 0.444. The number of fused-ring (bicyclic) bond motifs is 1. The number of nitrogens with zero attached hydrogens (tertiary/aromatic N) is 1. The van der Waals surface area contributed by atoms with Crippen LogP contribution in [0, 0.1) is 5.92 Å².